The van der Waals surface area contributed by atoms with Gasteiger partial charge < -0.3 is 4.74 Å². The lowest BCUT2D eigenvalue weighted by molar-refractivity contribution is -0.137. The van der Waals surface area contributed by atoms with Crippen LogP contribution in [0.15, 0.2) is 72.8 Å². The fourth-order valence-corrected chi connectivity index (χ4v) is 5.82. The van der Waals surface area contributed by atoms with Crippen molar-refractivity contribution in [1.29, 1.82) is 0 Å². The molecule has 3 aliphatic rings. The molecule has 6 nitrogen and oxygen atoms in total. The normalized spacial score (nSPS) is 23.9. The molecule has 1 spiro atoms. The van der Waals surface area contributed by atoms with E-state index in [2.05, 4.69) is 0 Å². The molecule has 6 rings (SSSR count). The second-order valence-electron chi connectivity index (χ2n) is 9.63. The molecular formula is C29H20F3NO5. The van der Waals surface area contributed by atoms with Crippen LogP contribution in [0, 0.1) is 11.8 Å². The minimum absolute atomic E-state index is 0.0759. The van der Waals surface area contributed by atoms with Gasteiger partial charge in [0.25, 0.3) is 0 Å². The third-order valence-corrected chi connectivity index (χ3v) is 7.69. The Kier molecular flexibility index (Phi) is 5.23. The smallest absolute Gasteiger partial charge is 0.349 e. The van der Waals surface area contributed by atoms with Gasteiger partial charge in [-0.05, 0) is 41.8 Å². The number of amides is 2. The van der Waals surface area contributed by atoms with E-state index in [0.717, 1.165) is 41.1 Å². The topological polar surface area (TPSA) is 80.8 Å². The van der Waals surface area contributed by atoms with Crippen molar-refractivity contribution in [2.75, 3.05) is 4.90 Å². The van der Waals surface area contributed by atoms with E-state index in [1.54, 1.807) is 24.3 Å². The van der Waals surface area contributed by atoms with E-state index in [4.69, 9.17) is 4.74 Å². The van der Waals surface area contributed by atoms with Crippen molar-refractivity contribution in [1.82, 2.24) is 0 Å². The first-order valence-electron chi connectivity index (χ1n) is 12.1. The van der Waals surface area contributed by atoms with Gasteiger partial charge in [-0.3, -0.25) is 19.2 Å². The Hall–Kier alpha value is -4.11. The van der Waals surface area contributed by atoms with E-state index in [-0.39, 0.29) is 16.8 Å². The van der Waals surface area contributed by atoms with Gasteiger partial charge in [-0.15, -0.1) is 0 Å². The molecule has 192 valence electrons. The van der Waals surface area contributed by atoms with Gasteiger partial charge in [0.1, 0.15) is 0 Å². The first-order valence-corrected chi connectivity index (χ1v) is 12.1. The summed E-state index contributed by atoms with van der Waals surface area (Å²) in [5, 5.41) is 0. The number of nitrogens with zero attached hydrogens (tertiary/aromatic N) is 1. The van der Waals surface area contributed by atoms with Crippen molar-refractivity contribution in [2.45, 2.75) is 31.2 Å². The fourth-order valence-electron chi connectivity index (χ4n) is 5.82. The second-order valence-corrected chi connectivity index (χ2v) is 9.63. The zero-order chi connectivity index (χ0) is 27.0. The Bertz CT molecular complexity index is 1480. The molecule has 2 heterocycles. The van der Waals surface area contributed by atoms with Gasteiger partial charge in [0.15, 0.2) is 0 Å². The minimum atomic E-state index is -4.60. The molecular weight excluding hydrogens is 499 g/mol. The lowest BCUT2D eigenvalue weighted by Crippen LogP contribution is -2.51. The number of ether oxygens (including phenoxy) is 1. The number of alkyl halides is 3. The summed E-state index contributed by atoms with van der Waals surface area (Å²) in [6.07, 6.45) is -4.94. The predicted molar refractivity (Wildman–Crippen MR) is 128 cm³/mol. The van der Waals surface area contributed by atoms with Gasteiger partial charge in [-0.2, -0.15) is 13.2 Å². The van der Waals surface area contributed by atoms with Crippen molar-refractivity contribution < 1.29 is 37.1 Å². The molecule has 2 saturated heterocycles. The zero-order valence-corrected chi connectivity index (χ0v) is 20.0. The first kappa shape index (κ1) is 24.2. The summed E-state index contributed by atoms with van der Waals surface area (Å²) >= 11 is 0. The average Bonchev–Trinajstić information content (AvgIpc) is 3.48. The Morgan fingerprint density at radius 3 is 1.92 bits per heavy atom. The highest BCUT2D eigenvalue weighted by atomic mass is 19.4. The Morgan fingerprint density at radius 2 is 1.39 bits per heavy atom. The number of aryl methyl sites for hydroxylation is 1. The fraction of sp³-hybridized carbons (Fsp3) is 0.241. The number of benzene rings is 3. The van der Waals surface area contributed by atoms with Crippen LogP contribution in [0.3, 0.4) is 0 Å². The molecule has 3 aromatic carbocycles. The highest BCUT2D eigenvalue weighted by Gasteiger charge is 2.74. The number of hydrogen-bond acceptors (Lipinski definition) is 5. The minimum Gasteiger partial charge on any atom is -0.349 e. The molecule has 0 radical (unpaired) electrons. The molecule has 2 amide bonds. The van der Waals surface area contributed by atoms with E-state index < -0.39 is 58.7 Å². The van der Waals surface area contributed by atoms with Crippen LogP contribution < -0.4 is 4.90 Å². The molecule has 0 saturated carbocycles. The van der Waals surface area contributed by atoms with Crippen molar-refractivity contribution in [3.8, 4) is 0 Å². The van der Waals surface area contributed by atoms with Crippen LogP contribution in [0.25, 0.3) is 0 Å². The number of hydrogen-bond donors (Lipinski definition) is 0. The number of ketones is 2. The lowest BCUT2D eigenvalue weighted by atomic mass is 9.77. The van der Waals surface area contributed by atoms with Gasteiger partial charge in [0.2, 0.25) is 29.0 Å². The molecule has 0 N–H and O–H groups in total. The van der Waals surface area contributed by atoms with Crippen LogP contribution in [0.5, 0.6) is 0 Å². The Morgan fingerprint density at radius 1 is 0.816 bits per heavy atom. The summed E-state index contributed by atoms with van der Waals surface area (Å²) in [5.74, 6) is -5.69. The number of carbonyl (C=O) groups excluding carboxylic acids is 4. The Labute approximate surface area is 215 Å². The molecule has 3 atom stereocenters. The van der Waals surface area contributed by atoms with E-state index in [9.17, 15) is 32.3 Å². The van der Waals surface area contributed by atoms with E-state index in [1.165, 1.54) is 12.1 Å². The summed E-state index contributed by atoms with van der Waals surface area (Å²) < 4.78 is 45.5. The predicted octanol–water partition coefficient (Wildman–Crippen LogP) is 4.96. The molecule has 1 aliphatic carbocycles. The Balaban J connectivity index is 1.49. The molecule has 2 aliphatic heterocycles. The largest absolute Gasteiger partial charge is 0.416 e. The zero-order valence-electron chi connectivity index (χ0n) is 20.0. The molecule has 9 heteroatoms. The third-order valence-electron chi connectivity index (χ3n) is 7.69. The van der Waals surface area contributed by atoms with Gasteiger partial charge in [0, 0.05) is 11.1 Å². The molecule has 38 heavy (non-hydrogen) atoms. The summed E-state index contributed by atoms with van der Waals surface area (Å²) in [5.41, 5.74) is -1.52. The third kappa shape index (κ3) is 3.18. The van der Waals surface area contributed by atoms with Crippen LogP contribution in [-0.4, -0.2) is 29.0 Å². The van der Waals surface area contributed by atoms with Gasteiger partial charge in [0.05, 0.1) is 29.2 Å². The standard InChI is InChI=1S/C29H20F3NO5/c1-2-15-7-9-16(10-8-15)23-21-22(28(38-23)24(34)19-5-3-4-6-20(19)25(28)35)27(37)33(26(21)36)18-13-11-17(12-14-18)29(30,31)32/h3-14,21-23H,2H2,1H3/t21-,22-,23+/m1/s1. The highest BCUT2D eigenvalue weighted by molar-refractivity contribution is 6.37. The number of rotatable bonds is 3. The first-order chi connectivity index (χ1) is 18.1. The summed E-state index contributed by atoms with van der Waals surface area (Å²) in [4.78, 5) is 55.9. The van der Waals surface area contributed by atoms with Crippen LogP contribution in [0.4, 0.5) is 18.9 Å². The number of anilines is 1. The van der Waals surface area contributed by atoms with Crippen LogP contribution in [-0.2, 0) is 26.9 Å². The molecule has 0 unspecified atom stereocenters. The molecule has 3 aromatic rings. The van der Waals surface area contributed by atoms with E-state index >= 15 is 0 Å². The molecule has 0 bridgehead atoms. The average molecular weight is 519 g/mol. The van der Waals surface area contributed by atoms with E-state index in [1.807, 2.05) is 19.1 Å². The number of halogens is 3. The summed E-state index contributed by atoms with van der Waals surface area (Å²) in [6.45, 7) is 1.97. The number of Topliss-reactive ketones (excluding diaryl/α,β-unsaturated/α-hetero) is 2. The number of carbonyl (C=O) groups is 4. The van der Waals surface area contributed by atoms with Gasteiger partial charge >= 0.3 is 6.18 Å². The van der Waals surface area contributed by atoms with Crippen molar-refractivity contribution in [3.63, 3.8) is 0 Å². The SMILES string of the molecule is CCc1ccc([C@@H]2OC3(C(=O)c4ccccc4C3=O)[C@H]3C(=O)N(c4ccc(C(F)(F)F)cc4)C(=O)[C@@H]23)cc1. The van der Waals surface area contributed by atoms with Crippen LogP contribution >= 0.6 is 0 Å². The lowest BCUT2D eigenvalue weighted by Gasteiger charge is -2.27. The highest BCUT2D eigenvalue weighted by Crippen LogP contribution is 2.57. The van der Waals surface area contributed by atoms with E-state index in [0.29, 0.717) is 5.56 Å². The molecule has 0 aromatic heterocycles. The maximum Gasteiger partial charge on any atom is 0.416 e. The second kappa shape index (κ2) is 8.19. The van der Waals surface area contributed by atoms with Gasteiger partial charge in [-0.25, -0.2) is 4.90 Å². The molecule has 2 fully saturated rings. The van der Waals surface area contributed by atoms with Crippen LogP contribution in [0.2, 0.25) is 0 Å². The van der Waals surface area contributed by atoms with Crippen molar-refractivity contribution in [2.24, 2.45) is 11.8 Å². The van der Waals surface area contributed by atoms with Crippen molar-refractivity contribution in [3.05, 3.63) is 101 Å². The summed E-state index contributed by atoms with van der Waals surface area (Å²) in [7, 11) is 0. The monoisotopic (exact) mass is 519 g/mol. The summed E-state index contributed by atoms with van der Waals surface area (Å²) in [6, 6.07) is 16.9. The quantitative estimate of drug-likeness (QED) is 0.361. The van der Waals surface area contributed by atoms with Crippen molar-refractivity contribution >= 4 is 29.1 Å². The maximum atomic E-state index is 13.9. The number of imide groups is 1. The number of fused-ring (bicyclic) bond motifs is 3. The van der Waals surface area contributed by atoms with Gasteiger partial charge in [-0.1, -0.05) is 55.5 Å². The maximum absolute atomic E-state index is 13.9. The van der Waals surface area contributed by atoms with Crippen LogP contribution in [0.1, 0.15) is 50.4 Å².